The standard InChI is InChI=1S/C14H22N2O/c1-12-9-16(8-7-15(12)2)10-13-3-5-14(11-17)6-4-13/h3-6,12,17H,7-11H2,1-2H3. The molecular weight excluding hydrogens is 212 g/mol. The Morgan fingerprint density at radius 1 is 1.18 bits per heavy atom. The van der Waals surface area contributed by atoms with Crippen molar-refractivity contribution >= 4 is 0 Å². The first kappa shape index (κ1) is 12.6. The summed E-state index contributed by atoms with van der Waals surface area (Å²) in [5, 5.41) is 9.00. The van der Waals surface area contributed by atoms with E-state index in [2.05, 4.69) is 35.9 Å². The van der Waals surface area contributed by atoms with Crippen molar-refractivity contribution in [3.05, 3.63) is 35.4 Å². The smallest absolute Gasteiger partial charge is 0.0681 e. The first-order valence-electron chi connectivity index (χ1n) is 6.30. The van der Waals surface area contributed by atoms with Crippen molar-refractivity contribution in [3.8, 4) is 0 Å². The van der Waals surface area contributed by atoms with E-state index in [4.69, 9.17) is 5.11 Å². The van der Waals surface area contributed by atoms with Crippen molar-refractivity contribution in [2.45, 2.75) is 26.1 Å². The number of hydrogen-bond acceptors (Lipinski definition) is 3. The molecule has 0 saturated carbocycles. The molecule has 1 heterocycles. The highest BCUT2D eigenvalue weighted by molar-refractivity contribution is 5.21. The molecule has 1 aromatic rings. The summed E-state index contributed by atoms with van der Waals surface area (Å²) in [6, 6.07) is 8.90. The molecule has 1 aliphatic heterocycles. The molecule has 0 bridgehead atoms. The van der Waals surface area contributed by atoms with Gasteiger partial charge in [0.2, 0.25) is 0 Å². The lowest BCUT2D eigenvalue weighted by atomic mass is 10.1. The highest BCUT2D eigenvalue weighted by atomic mass is 16.3. The molecule has 1 aliphatic rings. The minimum absolute atomic E-state index is 0.131. The zero-order valence-electron chi connectivity index (χ0n) is 10.8. The van der Waals surface area contributed by atoms with Gasteiger partial charge in [-0.1, -0.05) is 24.3 Å². The first-order valence-corrected chi connectivity index (χ1v) is 6.30. The second kappa shape index (κ2) is 5.63. The topological polar surface area (TPSA) is 26.7 Å². The van der Waals surface area contributed by atoms with Crippen LogP contribution in [-0.4, -0.2) is 47.6 Å². The van der Waals surface area contributed by atoms with Gasteiger partial charge in [-0.05, 0) is 25.1 Å². The molecule has 0 radical (unpaired) electrons. The molecule has 1 N–H and O–H groups in total. The summed E-state index contributed by atoms with van der Waals surface area (Å²) in [7, 11) is 2.19. The van der Waals surface area contributed by atoms with Gasteiger partial charge in [0, 0.05) is 32.2 Å². The minimum atomic E-state index is 0.131. The number of rotatable bonds is 3. The van der Waals surface area contributed by atoms with Gasteiger partial charge < -0.3 is 10.0 Å². The van der Waals surface area contributed by atoms with Gasteiger partial charge in [-0.2, -0.15) is 0 Å². The van der Waals surface area contributed by atoms with E-state index in [9.17, 15) is 0 Å². The Balaban J connectivity index is 1.92. The summed E-state index contributed by atoms with van der Waals surface area (Å²) in [6.45, 7) is 6.85. The van der Waals surface area contributed by atoms with E-state index in [1.54, 1.807) is 0 Å². The molecule has 0 spiro atoms. The second-order valence-corrected chi connectivity index (χ2v) is 5.04. The Labute approximate surface area is 104 Å². The van der Waals surface area contributed by atoms with Crippen LogP contribution in [0.15, 0.2) is 24.3 Å². The van der Waals surface area contributed by atoms with Crippen molar-refractivity contribution < 1.29 is 5.11 Å². The molecule has 1 aromatic carbocycles. The molecule has 1 atom stereocenters. The number of likely N-dealkylation sites (N-methyl/N-ethyl adjacent to an activating group) is 1. The van der Waals surface area contributed by atoms with E-state index in [1.165, 1.54) is 5.56 Å². The molecule has 0 aliphatic carbocycles. The SMILES string of the molecule is CC1CN(Cc2ccc(CO)cc2)CCN1C. The third-order valence-corrected chi connectivity index (χ3v) is 3.66. The number of hydrogen-bond donors (Lipinski definition) is 1. The number of benzene rings is 1. The lowest BCUT2D eigenvalue weighted by molar-refractivity contribution is 0.1000. The molecule has 0 amide bonds. The van der Waals surface area contributed by atoms with Gasteiger partial charge in [0.1, 0.15) is 0 Å². The molecular formula is C14H22N2O. The summed E-state index contributed by atoms with van der Waals surface area (Å²) < 4.78 is 0. The van der Waals surface area contributed by atoms with Gasteiger partial charge >= 0.3 is 0 Å². The van der Waals surface area contributed by atoms with Crippen LogP contribution in [0.1, 0.15) is 18.1 Å². The molecule has 2 rings (SSSR count). The first-order chi connectivity index (χ1) is 8.19. The van der Waals surface area contributed by atoms with Crippen LogP contribution in [0, 0.1) is 0 Å². The number of nitrogens with zero attached hydrogens (tertiary/aromatic N) is 2. The van der Waals surface area contributed by atoms with Crippen LogP contribution in [-0.2, 0) is 13.2 Å². The normalized spacial score (nSPS) is 22.9. The fourth-order valence-electron chi connectivity index (χ4n) is 2.28. The highest BCUT2D eigenvalue weighted by Crippen LogP contribution is 2.12. The Hall–Kier alpha value is -0.900. The van der Waals surface area contributed by atoms with E-state index in [1.807, 2.05) is 12.1 Å². The van der Waals surface area contributed by atoms with Crippen LogP contribution in [0.25, 0.3) is 0 Å². The molecule has 17 heavy (non-hydrogen) atoms. The predicted molar refractivity (Wildman–Crippen MR) is 69.7 cm³/mol. The number of aliphatic hydroxyl groups excluding tert-OH is 1. The minimum Gasteiger partial charge on any atom is -0.392 e. The van der Waals surface area contributed by atoms with Crippen molar-refractivity contribution in [3.63, 3.8) is 0 Å². The maximum absolute atomic E-state index is 9.00. The molecule has 3 heteroatoms. The summed E-state index contributed by atoms with van der Waals surface area (Å²) in [5.74, 6) is 0. The monoisotopic (exact) mass is 234 g/mol. The summed E-state index contributed by atoms with van der Waals surface area (Å²) in [5.41, 5.74) is 2.32. The van der Waals surface area contributed by atoms with Gasteiger partial charge in [0.05, 0.1) is 6.61 Å². The molecule has 1 fully saturated rings. The van der Waals surface area contributed by atoms with Gasteiger partial charge in [-0.25, -0.2) is 0 Å². The quantitative estimate of drug-likeness (QED) is 0.854. The van der Waals surface area contributed by atoms with Crippen LogP contribution in [0.5, 0.6) is 0 Å². The highest BCUT2D eigenvalue weighted by Gasteiger charge is 2.20. The predicted octanol–water partition coefficient (Wildman–Crippen LogP) is 1.31. The van der Waals surface area contributed by atoms with E-state index in [-0.39, 0.29) is 6.61 Å². The van der Waals surface area contributed by atoms with E-state index < -0.39 is 0 Å². The van der Waals surface area contributed by atoms with Crippen molar-refractivity contribution in [1.82, 2.24) is 9.80 Å². The molecule has 1 unspecified atom stereocenters. The molecule has 94 valence electrons. The Morgan fingerprint density at radius 3 is 2.41 bits per heavy atom. The van der Waals surface area contributed by atoms with E-state index in [0.29, 0.717) is 6.04 Å². The zero-order valence-corrected chi connectivity index (χ0v) is 10.8. The Bertz CT molecular complexity index is 350. The Kier molecular flexibility index (Phi) is 4.15. The molecule has 3 nitrogen and oxygen atoms in total. The maximum atomic E-state index is 9.00. The third-order valence-electron chi connectivity index (χ3n) is 3.66. The van der Waals surface area contributed by atoms with E-state index >= 15 is 0 Å². The number of piperazine rings is 1. The lowest BCUT2D eigenvalue weighted by Gasteiger charge is -2.37. The fraction of sp³-hybridized carbons (Fsp3) is 0.571. The number of aliphatic hydroxyl groups is 1. The summed E-state index contributed by atoms with van der Waals surface area (Å²) in [4.78, 5) is 4.91. The van der Waals surface area contributed by atoms with Crippen LogP contribution in [0.4, 0.5) is 0 Å². The largest absolute Gasteiger partial charge is 0.392 e. The van der Waals surface area contributed by atoms with Gasteiger partial charge in [0.25, 0.3) is 0 Å². The Morgan fingerprint density at radius 2 is 1.82 bits per heavy atom. The molecule has 1 saturated heterocycles. The van der Waals surface area contributed by atoms with Crippen molar-refractivity contribution in [1.29, 1.82) is 0 Å². The van der Waals surface area contributed by atoms with Crippen molar-refractivity contribution in [2.24, 2.45) is 0 Å². The van der Waals surface area contributed by atoms with Crippen LogP contribution < -0.4 is 0 Å². The second-order valence-electron chi connectivity index (χ2n) is 5.04. The zero-order chi connectivity index (χ0) is 12.3. The van der Waals surface area contributed by atoms with E-state index in [0.717, 1.165) is 31.7 Å². The van der Waals surface area contributed by atoms with Gasteiger partial charge in [-0.3, -0.25) is 4.90 Å². The maximum Gasteiger partial charge on any atom is 0.0681 e. The summed E-state index contributed by atoms with van der Waals surface area (Å²) in [6.07, 6.45) is 0. The third kappa shape index (κ3) is 3.28. The van der Waals surface area contributed by atoms with Crippen molar-refractivity contribution in [2.75, 3.05) is 26.7 Å². The summed E-state index contributed by atoms with van der Waals surface area (Å²) >= 11 is 0. The average molecular weight is 234 g/mol. The fourth-order valence-corrected chi connectivity index (χ4v) is 2.28. The van der Waals surface area contributed by atoms with Crippen LogP contribution >= 0.6 is 0 Å². The van der Waals surface area contributed by atoms with Crippen LogP contribution in [0.3, 0.4) is 0 Å². The average Bonchev–Trinajstić information content (AvgIpc) is 2.35. The van der Waals surface area contributed by atoms with Crippen LogP contribution in [0.2, 0.25) is 0 Å². The van der Waals surface area contributed by atoms with Gasteiger partial charge in [-0.15, -0.1) is 0 Å². The lowest BCUT2D eigenvalue weighted by Crippen LogP contribution is -2.49. The van der Waals surface area contributed by atoms with Gasteiger partial charge in [0.15, 0.2) is 0 Å². The molecule has 0 aromatic heterocycles.